The molecule has 0 aliphatic carbocycles. The standard InChI is InChI=1S/C16H15ClN2/c1-11-3-8-15-16(12(11)2)18-10-19(15)9-13-4-6-14(17)7-5-13/h3-8,10H,9H2,1-2H3. The number of hydrogen-bond acceptors (Lipinski definition) is 1. The highest BCUT2D eigenvalue weighted by atomic mass is 35.5. The summed E-state index contributed by atoms with van der Waals surface area (Å²) in [6.07, 6.45) is 1.91. The second-order valence-electron chi connectivity index (χ2n) is 4.87. The van der Waals surface area contributed by atoms with E-state index in [-0.39, 0.29) is 0 Å². The first kappa shape index (κ1) is 12.2. The van der Waals surface area contributed by atoms with E-state index in [1.165, 1.54) is 22.2 Å². The molecule has 0 fully saturated rings. The zero-order valence-electron chi connectivity index (χ0n) is 11.0. The summed E-state index contributed by atoms with van der Waals surface area (Å²) in [6, 6.07) is 12.2. The zero-order valence-corrected chi connectivity index (χ0v) is 11.8. The van der Waals surface area contributed by atoms with Gasteiger partial charge in [0.1, 0.15) is 0 Å². The second-order valence-corrected chi connectivity index (χ2v) is 5.31. The molecule has 3 aromatic rings. The van der Waals surface area contributed by atoms with Crippen LogP contribution in [0.15, 0.2) is 42.7 Å². The summed E-state index contributed by atoms with van der Waals surface area (Å²) in [7, 11) is 0. The lowest BCUT2D eigenvalue weighted by Crippen LogP contribution is -1.97. The van der Waals surface area contributed by atoms with Crippen LogP contribution in [0.25, 0.3) is 11.0 Å². The third kappa shape index (κ3) is 2.24. The Morgan fingerprint density at radius 2 is 1.79 bits per heavy atom. The summed E-state index contributed by atoms with van der Waals surface area (Å²) in [4.78, 5) is 4.53. The molecule has 0 aliphatic rings. The van der Waals surface area contributed by atoms with E-state index in [1.807, 2.05) is 18.5 Å². The molecular formula is C16H15ClN2. The highest BCUT2D eigenvalue weighted by molar-refractivity contribution is 6.30. The molecule has 1 heterocycles. The van der Waals surface area contributed by atoms with Gasteiger partial charge in [0.2, 0.25) is 0 Å². The average Bonchev–Trinajstić information content (AvgIpc) is 2.80. The number of fused-ring (bicyclic) bond motifs is 1. The van der Waals surface area contributed by atoms with Gasteiger partial charge in [-0.25, -0.2) is 4.98 Å². The minimum Gasteiger partial charge on any atom is -0.326 e. The van der Waals surface area contributed by atoms with Gasteiger partial charge in [0.15, 0.2) is 0 Å². The van der Waals surface area contributed by atoms with Crippen LogP contribution < -0.4 is 0 Å². The number of rotatable bonds is 2. The fourth-order valence-electron chi connectivity index (χ4n) is 2.28. The maximum Gasteiger partial charge on any atom is 0.0961 e. The fraction of sp³-hybridized carbons (Fsp3) is 0.188. The highest BCUT2D eigenvalue weighted by Gasteiger charge is 2.07. The normalized spacial score (nSPS) is 11.1. The van der Waals surface area contributed by atoms with Gasteiger partial charge in [-0.15, -0.1) is 0 Å². The van der Waals surface area contributed by atoms with E-state index in [9.17, 15) is 0 Å². The van der Waals surface area contributed by atoms with Gasteiger partial charge < -0.3 is 4.57 Å². The molecule has 0 saturated heterocycles. The van der Waals surface area contributed by atoms with Gasteiger partial charge >= 0.3 is 0 Å². The van der Waals surface area contributed by atoms with Crippen LogP contribution in [0.4, 0.5) is 0 Å². The van der Waals surface area contributed by atoms with Gasteiger partial charge in [-0.1, -0.05) is 29.8 Å². The molecule has 0 atom stereocenters. The Bertz CT molecular complexity index is 726. The Balaban J connectivity index is 2.02. The van der Waals surface area contributed by atoms with Gasteiger partial charge in [0.25, 0.3) is 0 Å². The van der Waals surface area contributed by atoms with Crippen molar-refractivity contribution in [3.63, 3.8) is 0 Å². The molecule has 0 bridgehead atoms. The lowest BCUT2D eigenvalue weighted by atomic mass is 10.1. The Kier molecular flexibility index (Phi) is 3.03. The lowest BCUT2D eigenvalue weighted by Gasteiger charge is -2.06. The van der Waals surface area contributed by atoms with Crippen LogP contribution in [-0.2, 0) is 6.54 Å². The SMILES string of the molecule is Cc1ccc2c(ncn2Cc2ccc(Cl)cc2)c1C. The van der Waals surface area contributed by atoms with E-state index < -0.39 is 0 Å². The van der Waals surface area contributed by atoms with Crippen LogP contribution in [0.1, 0.15) is 16.7 Å². The molecule has 0 N–H and O–H groups in total. The van der Waals surface area contributed by atoms with E-state index in [4.69, 9.17) is 11.6 Å². The molecule has 0 amide bonds. The van der Waals surface area contributed by atoms with Crippen molar-refractivity contribution in [2.45, 2.75) is 20.4 Å². The number of aryl methyl sites for hydroxylation is 2. The van der Waals surface area contributed by atoms with Crippen molar-refractivity contribution in [3.05, 3.63) is 64.4 Å². The van der Waals surface area contributed by atoms with Crippen molar-refractivity contribution >= 4 is 22.6 Å². The van der Waals surface area contributed by atoms with Crippen LogP contribution in [0.2, 0.25) is 5.02 Å². The average molecular weight is 271 g/mol. The molecule has 3 heteroatoms. The Labute approximate surface area is 117 Å². The summed E-state index contributed by atoms with van der Waals surface area (Å²) < 4.78 is 2.17. The summed E-state index contributed by atoms with van der Waals surface area (Å²) in [5.74, 6) is 0. The van der Waals surface area contributed by atoms with Crippen LogP contribution in [0.5, 0.6) is 0 Å². The minimum absolute atomic E-state index is 0.769. The van der Waals surface area contributed by atoms with Crippen molar-refractivity contribution in [2.75, 3.05) is 0 Å². The third-order valence-corrected chi connectivity index (χ3v) is 3.83. The maximum atomic E-state index is 5.91. The number of imidazole rings is 1. The van der Waals surface area contributed by atoms with Crippen LogP contribution >= 0.6 is 11.6 Å². The number of aromatic nitrogens is 2. The second kappa shape index (κ2) is 4.71. The van der Waals surface area contributed by atoms with Gasteiger partial charge in [0.05, 0.1) is 17.4 Å². The predicted molar refractivity (Wildman–Crippen MR) is 79.8 cm³/mol. The number of benzene rings is 2. The van der Waals surface area contributed by atoms with Crippen molar-refractivity contribution in [3.8, 4) is 0 Å². The number of nitrogens with zero attached hydrogens (tertiary/aromatic N) is 2. The molecule has 0 spiro atoms. The first-order valence-corrected chi connectivity index (χ1v) is 6.68. The van der Waals surface area contributed by atoms with Crippen LogP contribution in [0.3, 0.4) is 0 Å². The van der Waals surface area contributed by atoms with Gasteiger partial charge in [-0.3, -0.25) is 0 Å². The van der Waals surface area contributed by atoms with E-state index in [0.29, 0.717) is 0 Å². The molecule has 1 aromatic heterocycles. The summed E-state index contributed by atoms with van der Waals surface area (Å²) >= 11 is 5.91. The number of hydrogen-bond donors (Lipinski definition) is 0. The fourth-order valence-corrected chi connectivity index (χ4v) is 2.41. The van der Waals surface area contributed by atoms with Crippen molar-refractivity contribution in [2.24, 2.45) is 0 Å². The van der Waals surface area contributed by atoms with E-state index >= 15 is 0 Å². The summed E-state index contributed by atoms with van der Waals surface area (Å²) in [5, 5.41) is 0.769. The highest BCUT2D eigenvalue weighted by Crippen LogP contribution is 2.21. The predicted octanol–water partition coefficient (Wildman–Crippen LogP) is 4.35. The molecule has 2 nitrogen and oxygen atoms in total. The Hall–Kier alpha value is -1.80. The maximum absolute atomic E-state index is 5.91. The molecular weight excluding hydrogens is 256 g/mol. The Morgan fingerprint density at radius 1 is 1.05 bits per heavy atom. The third-order valence-electron chi connectivity index (χ3n) is 3.58. The first-order valence-electron chi connectivity index (χ1n) is 6.30. The monoisotopic (exact) mass is 270 g/mol. The van der Waals surface area contributed by atoms with Crippen molar-refractivity contribution in [1.82, 2.24) is 9.55 Å². The Morgan fingerprint density at radius 3 is 2.53 bits per heavy atom. The van der Waals surface area contributed by atoms with E-state index in [1.54, 1.807) is 0 Å². The zero-order chi connectivity index (χ0) is 13.4. The van der Waals surface area contributed by atoms with Crippen LogP contribution in [0, 0.1) is 13.8 Å². The topological polar surface area (TPSA) is 17.8 Å². The minimum atomic E-state index is 0.769. The largest absolute Gasteiger partial charge is 0.326 e. The van der Waals surface area contributed by atoms with E-state index in [0.717, 1.165) is 17.1 Å². The molecule has 96 valence electrons. The molecule has 0 aliphatic heterocycles. The van der Waals surface area contributed by atoms with Crippen LogP contribution in [-0.4, -0.2) is 9.55 Å². The number of halogens is 1. The first-order chi connectivity index (χ1) is 9.15. The molecule has 0 radical (unpaired) electrons. The van der Waals surface area contributed by atoms with Gasteiger partial charge in [-0.2, -0.15) is 0 Å². The summed E-state index contributed by atoms with van der Waals surface area (Å²) in [5.41, 5.74) is 6.03. The van der Waals surface area contributed by atoms with Crippen molar-refractivity contribution < 1.29 is 0 Å². The quantitative estimate of drug-likeness (QED) is 0.677. The molecule has 2 aromatic carbocycles. The molecule has 0 unspecified atom stereocenters. The van der Waals surface area contributed by atoms with E-state index in [2.05, 4.69) is 47.7 Å². The van der Waals surface area contributed by atoms with Gasteiger partial charge in [0, 0.05) is 11.6 Å². The smallest absolute Gasteiger partial charge is 0.0961 e. The van der Waals surface area contributed by atoms with Gasteiger partial charge in [-0.05, 0) is 48.7 Å². The molecule has 0 saturated carbocycles. The lowest BCUT2D eigenvalue weighted by molar-refractivity contribution is 0.824. The molecule has 19 heavy (non-hydrogen) atoms. The summed E-state index contributed by atoms with van der Waals surface area (Å²) in [6.45, 7) is 5.06. The van der Waals surface area contributed by atoms with Crippen molar-refractivity contribution in [1.29, 1.82) is 0 Å². The molecule has 3 rings (SSSR count).